The highest BCUT2D eigenvalue weighted by Gasteiger charge is 2.03. The van der Waals surface area contributed by atoms with Gasteiger partial charge in [0.15, 0.2) is 0 Å². The lowest BCUT2D eigenvalue weighted by atomic mass is 10.2. The van der Waals surface area contributed by atoms with Crippen molar-refractivity contribution in [2.45, 2.75) is 6.92 Å². The van der Waals surface area contributed by atoms with E-state index in [4.69, 9.17) is 27.9 Å². The van der Waals surface area contributed by atoms with E-state index in [1.165, 1.54) is 0 Å². The first-order chi connectivity index (χ1) is 5.15. The summed E-state index contributed by atoms with van der Waals surface area (Å²) < 4.78 is 4.93. The summed E-state index contributed by atoms with van der Waals surface area (Å²) in [5.41, 5.74) is 0.841. The lowest BCUT2D eigenvalue weighted by molar-refractivity contribution is 0.414. The summed E-state index contributed by atoms with van der Waals surface area (Å²) in [5, 5.41) is 1.10. The van der Waals surface area contributed by atoms with E-state index in [1.807, 2.05) is 6.92 Å². The summed E-state index contributed by atoms with van der Waals surface area (Å²) >= 11 is 11.5. The van der Waals surface area contributed by atoms with Crippen LogP contribution in [0.3, 0.4) is 0 Å². The first-order valence-electron chi connectivity index (χ1n) is 3.07. The lowest BCUT2D eigenvalue weighted by Crippen LogP contribution is -1.86. The van der Waals surface area contributed by atoms with Gasteiger partial charge in [-0.1, -0.05) is 23.2 Å². The monoisotopic (exact) mass is 189 g/mol. The molecule has 0 aliphatic rings. The van der Waals surface area contributed by atoms with Crippen molar-refractivity contribution >= 4 is 23.2 Å². The average Bonchev–Trinajstić information content (AvgIpc) is 1.97. The molecule has 0 saturated carbocycles. The number of benzene rings is 1. The SMILES string of the molecule is COc1[c]c(C)c(Cl)cc1Cl. The summed E-state index contributed by atoms with van der Waals surface area (Å²) in [5.74, 6) is 0.536. The van der Waals surface area contributed by atoms with Gasteiger partial charge in [0.25, 0.3) is 0 Å². The van der Waals surface area contributed by atoms with Gasteiger partial charge in [-0.05, 0) is 18.6 Å². The Morgan fingerprint density at radius 1 is 1.36 bits per heavy atom. The second kappa shape index (κ2) is 3.33. The largest absolute Gasteiger partial charge is 0.495 e. The molecule has 0 aliphatic carbocycles. The summed E-state index contributed by atoms with van der Waals surface area (Å²) in [6.07, 6.45) is 0. The minimum atomic E-state index is 0.489. The van der Waals surface area contributed by atoms with Crippen LogP contribution >= 0.6 is 23.2 Å². The molecule has 1 aromatic carbocycles. The number of hydrogen-bond acceptors (Lipinski definition) is 1. The van der Waals surface area contributed by atoms with Gasteiger partial charge in [-0.3, -0.25) is 0 Å². The lowest BCUT2D eigenvalue weighted by Gasteiger charge is -2.03. The molecule has 0 aliphatic heterocycles. The second-order valence-corrected chi connectivity index (χ2v) is 2.94. The molecule has 0 unspecified atom stereocenters. The Bertz CT molecular complexity index is 271. The van der Waals surface area contributed by atoms with E-state index in [0.717, 1.165) is 5.56 Å². The Labute approximate surface area is 75.9 Å². The normalized spacial score (nSPS) is 9.82. The van der Waals surface area contributed by atoms with Crippen LogP contribution in [0.5, 0.6) is 5.75 Å². The first-order valence-corrected chi connectivity index (χ1v) is 3.82. The van der Waals surface area contributed by atoms with Gasteiger partial charge in [0, 0.05) is 11.1 Å². The van der Waals surface area contributed by atoms with Crippen LogP contribution in [-0.2, 0) is 0 Å². The number of ether oxygens (including phenoxy) is 1. The van der Waals surface area contributed by atoms with Crippen molar-refractivity contribution in [3.8, 4) is 5.75 Å². The van der Waals surface area contributed by atoms with Crippen molar-refractivity contribution in [1.82, 2.24) is 0 Å². The average molecular weight is 190 g/mol. The predicted molar refractivity (Wildman–Crippen MR) is 46.6 cm³/mol. The van der Waals surface area contributed by atoms with E-state index in [-0.39, 0.29) is 0 Å². The molecule has 1 nitrogen and oxygen atoms in total. The summed E-state index contributed by atoms with van der Waals surface area (Å²) in [4.78, 5) is 0. The first kappa shape index (κ1) is 8.69. The summed E-state index contributed by atoms with van der Waals surface area (Å²) in [6.45, 7) is 1.85. The fraction of sp³-hybridized carbons (Fsp3) is 0.250. The molecule has 1 aromatic rings. The van der Waals surface area contributed by atoms with Gasteiger partial charge >= 0.3 is 0 Å². The fourth-order valence-electron chi connectivity index (χ4n) is 0.723. The van der Waals surface area contributed by atoms with Crippen molar-refractivity contribution in [2.75, 3.05) is 7.11 Å². The van der Waals surface area contributed by atoms with E-state index in [2.05, 4.69) is 6.07 Å². The highest BCUT2D eigenvalue weighted by molar-refractivity contribution is 6.35. The van der Waals surface area contributed by atoms with Crippen molar-refractivity contribution in [3.63, 3.8) is 0 Å². The molecule has 0 bridgehead atoms. The molecule has 0 heterocycles. The van der Waals surface area contributed by atoms with Gasteiger partial charge in [-0.15, -0.1) is 0 Å². The Hall–Kier alpha value is -0.400. The molecule has 0 spiro atoms. The Morgan fingerprint density at radius 2 is 2.00 bits per heavy atom. The molecule has 0 saturated heterocycles. The van der Waals surface area contributed by atoms with E-state index < -0.39 is 0 Å². The highest BCUT2D eigenvalue weighted by atomic mass is 35.5. The topological polar surface area (TPSA) is 9.23 Å². The quantitative estimate of drug-likeness (QED) is 0.660. The van der Waals surface area contributed by atoms with E-state index in [1.54, 1.807) is 13.2 Å². The Kier molecular flexibility index (Phi) is 2.63. The van der Waals surface area contributed by atoms with Gasteiger partial charge in [0.1, 0.15) is 5.75 Å². The molecule has 1 radical (unpaired) electrons. The maximum Gasteiger partial charge on any atom is 0.145 e. The summed E-state index contributed by atoms with van der Waals surface area (Å²) in [6, 6.07) is 4.55. The third-order valence-electron chi connectivity index (χ3n) is 1.33. The van der Waals surface area contributed by atoms with Crippen molar-refractivity contribution < 1.29 is 4.74 Å². The van der Waals surface area contributed by atoms with Crippen LogP contribution < -0.4 is 4.74 Å². The van der Waals surface area contributed by atoms with Gasteiger partial charge < -0.3 is 4.74 Å². The third kappa shape index (κ3) is 1.79. The number of rotatable bonds is 1. The molecular formula is C8H7Cl2O. The van der Waals surface area contributed by atoms with Crippen LogP contribution in [0.1, 0.15) is 5.56 Å². The molecule has 59 valence electrons. The molecule has 11 heavy (non-hydrogen) atoms. The molecule has 1 rings (SSSR count). The number of hydrogen-bond donors (Lipinski definition) is 0. The van der Waals surface area contributed by atoms with Crippen molar-refractivity contribution in [3.05, 3.63) is 27.7 Å². The van der Waals surface area contributed by atoms with Gasteiger partial charge in [0.05, 0.1) is 12.1 Å². The number of halogens is 2. The highest BCUT2D eigenvalue weighted by Crippen LogP contribution is 2.29. The minimum absolute atomic E-state index is 0.489. The smallest absolute Gasteiger partial charge is 0.145 e. The van der Waals surface area contributed by atoms with E-state index in [9.17, 15) is 0 Å². The zero-order valence-electron chi connectivity index (χ0n) is 6.24. The number of aryl methyl sites for hydroxylation is 1. The van der Waals surface area contributed by atoms with Crippen LogP contribution in [0.2, 0.25) is 10.0 Å². The van der Waals surface area contributed by atoms with Crippen LogP contribution in [-0.4, -0.2) is 7.11 Å². The van der Waals surface area contributed by atoms with Crippen LogP contribution in [0, 0.1) is 13.0 Å². The second-order valence-electron chi connectivity index (χ2n) is 2.12. The molecule has 0 amide bonds. The van der Waals surface area contributed by atoms with E-state index >= 15 is 0 Å². The van der Waals surface area contributed by atoms with Crippen LogP contribution in [0.15, 0.2) is 6.07 Å². The predicted octanol–water partition coefficient (Wildman–Crippen LogP) is 3.11. The molecule has 0 fully saturated rings. The summed E-state index contributed by atoms with van der Waals surface area (Å²) in [7, 11) is 1.55. The molecule has 0 aromatic heterocycles. The Balaban J connectivity index is 3.21. The van der Waals surface area contributed by atoms with E-state index in [0.29, 0.717) is 15.8 Å². The maximum absolute atomic E-state index is 5.77. The van der Waals surface area contributed by atoms with Gasteiger partial charge in [0.2, 0.25) is 0 Å². The number of methoxy groups -OCH3 is 1. The van der Waals surface area contributed by atoms with Crippen molar-refractivity contribution in [2.24, 2.45) is 0 Å². The van der Waals surface area contributed by atoms with Gasteiger partial charge in [-0.2, -0.15) is 0 Å². The fourth-order valence-corrected chi connectivity index (χ4v) is 1.17. The molecular weight excluding hydrogens is 183 g/mol. The minimum Gasteiger partial charge on any atom is -0.495 e. The standard InChI is InChI=1S/C8H7Cl2O/c1-5-3-8(11-2)7(10)4-6(5)9/h4H,1-2H3. The maximum atomic E-state index is 5.77. The van der Waals surface area contributed by atoms with Crippen LogP contribution in [0.25, 0.3) is 0 Å². The third-order valence-corrected chi connectivity index (χ3v) is 2.01. The Morgan fingerprint density at radius 3 is 2.55 bits per heavy atom. The zero-order chi connectivity index (χ0) is 8.43. The zero-order valence-corrected chi connectivity index (χ0v) is 7.75. The van der Waals surface area contributed by atoms with Gasteiger partial charge in [-0.25, -0.2) is 0 Å². The van der Waals surface area contributed by atoms with Crippen LogP contribution in [0.4, 0.5) is 0 Å². The molecule has 3 heteroatoms. The molecule has 0 atom stereocenters. The van der Waals surface area contributed by atoms with Crippen molar-refractivity contribution in [1.29, 1.82) is 0 Å². The molecule has 0 N–H and O–H groups in total.